The molecule has 0 atom stereocenters. The van der Waals surface area contributed by atoms with Gasteiger partial charge in [0, 0.05) is 13.1 Å². The van der Waals surface area contributed by atoms with Crippen molar-refractivity contribution in [3.05, 3.63) is 46.2 Å². The maximum absolute atomic E-state index is 13.1. The number of thiazole rings is 1. The Kier molecular flexibility index (Phi) is 6.45. The number of hydrogen-bond donors (Lipinski definition) is 0. The Morgan fingerprint density at radius 2 is 2.00 bits per heavy atom. The van der Waals surface area contributed by atoms with Crippen LogP contribution >= 0.6 is 11.3 Å². The average Bonchev–Trinajstić information content (AvgIpc) is 3.37. The predicted molar refractivity (Wildman–Crippen MR) is 111 cm³/mol. The number of furan rings is 1. The third kappa shape index (κ3) is 4.54. The fourth-order valence-electron chi connectivity index (χ4n) is 2.87. The van der Waals surface area contributed by atoms with Gasteiger partial charge in [0.15, 0.2) is 10.9 Å². The quantitative estimate of drug-likeness (QED) is 0.385. The number of rotatable bonds is 9. The van der Waals surface area contributed by atoms with Gasteiger partial charge in [0.05, 0.1) is 23.4 Å². The van der Waals surface area contributed by atoms with Crippen LogP contribution in [0.3, 0.4) is 0 Å². The minimum absolute atomic E-state index is 0.0897. The van der Waals surface area contributed by atoms with E-state index in [1.807, 2.05) is 18.2 Å². The summed E-state index contributed by atoms with van der Waals surface area (Å²) in [7, 11) is 1.59. The van der Waals surface area contributed by atoms with Gasteiger partial charge in [0.25, 0.3) is 5.91 Å². The molecule has 1 amide bonds. The molecule has 3 rings (SSSR count). The molecule has 0 aliphatic heterocycles. The van der Waals surface area contributed by atoms with Crippen molar-refractivity contribution in [2.24, 2.45) is 0 Å². The number of carbonyl (C=O) groups excluding carboxylic acids is 1. The van der Waals surface area contributed by atoms with Crippen LogP contribution < -0.4 is 9.64 Å². The molecule has 2 heterocycles. The van der Waals surface area contributed by atoms with E-state index in [2.05, 4.69) is 23.7 Å². The number of nitro groups is 1. The number of anilines is 1. The molecule has 3 aromatic rings. The summed E-state index contributed by atoms with van der Waals surface area (Å²) in [6.45, 7) is 6.82. The zero-order valence-corrected chi connectivity index (χ0v) is 17.3. The first-order chi connectivity index (χ1) is 14.0. The number of carbonyl (C=O) groups is 1. The topological polar surface area (TPSA) is 102 Å². The van der Waals surface area contributed by atoms with Crippen molar-refractivity contribution in [2.75, 3.05) is 38.2 Å². The second kappa shape index (κ2) is 9.01. The van der Waals surface area contributed by atoms with Gasteiger partial charge in [-0.1, -0.05) is 25.2 Å². The van der Waals surface area contributed by atoms with Gasteiger partial charge in [0.2, 0.25) is 0 Å². The van der Waals surface area contributed by atoms with Crippen LogP contribution in [0.4, 0.5) is 11.0 Å². The van der Waals surface area contributed by atoms with Crippen molar-refractivity contribution >= 4 is 38.5 Å². The van der Waals surface area contributed by atoms with Crippen LogP contribution in [0.15, 0.2) is 34.7 Å². The highest BCUT2D eigenvalue weighted by molar-refractivity contribution is 7.22. The maximum Gasteiger partial charge on any atom is 0.433 e. The lowest BCUT2D eigenvalue weighted by Crippen LogP contribution is -2.38. The van der Waals surface area contributed by atoms with E-state index in [1.165, 1.54) is 28.4 Å². The monoisotopic (exact) mass is 418 g/mol. The van der Waals surface area contributed by atoms with E-state index < -0.39 is 16.7 Å². The lowest BCUT2D eigenvalue weighted by molar-refractivity contribution is -0.402. The number of benzene rings is 1. The Morgan fingerprint density at radius 3 is 2.62 bits per heavy atom. The summed E-state index contributed by atoms with van der Waals surface area (Å²) >= 11 is 1.36. The van der Waals surface area contributed by atoms with E-state index >= 15 is 0 Å². The third-order valence-corrected chi connectivity index (χ3v) is 5.62. The van der Waals surface area contributed by atoms with Crippen molar-refractivity contribution in [3.8, 4) is 5.75 Å². The molecule has 0 N–H and O–H groups in total. The zero-order valence-electron chi connectivity index (χ0n) is 16.5. The minimum atomic E-state index is -0.666. The molecule has 154 valence electrons. The first-order valence-corrected chi connectivity index (χ1v) is 10.0. The molecular weight excluding hydrogens is 396 g/mol. The van der Waals surface area contributed by atoms with Crippen molar-refractivity contribution in [1.82, 2.24) is 9.88 Å². The van der Waals surface area contributed by atoms with Gasteiger partial charge >= 0.3 is 5.88 Å². The van der Waals surface area contributed by atoms with Gasteiger partial charge in [-0.2, -0.15) is 0 Å². The fourth-order valence-corrected chi connectivity index (χ4v) is 3.89. The van der Waals surface area contributed by atoms with E-state index in [0.29, 0.717) is 24.0 Å². The smallest absolute Gasteiger partial charge is 0.433 e. The van der Waals surface area contributed by atoms with Crippen molar-refractivity contribution in [3.63, 3.8) is 0 Å². The SMILES string of the molecule is CCN(CC)CCN(C(=O)c1ccc([N+](=O)[O-])o1)c1nc2ccc(OC)cc2s1. The summed E-state index contributed by atoms with van der Waals surface area (Å²) < 4.78 is 11.3. The molecule has 0 fully saturated rings. The lowest BCUT2D eigenvalue weighted by atomic mass is 10.3. The molecule has 0 saturated carbocycles. The molecule has 0 aliphatic rings. The number of ether oxygens (including phenoxy) is 1. The zero-order chi connectivity index (χ0) is 21.0. The molecule has 0 aliphatic carbocycles. The molecule has 2 aromatic heterocycles. The van der Waals surface area contributed by atoms with Gasteiger partial charge < -0.3 is 14.1 Å². The Hall–Kier alpha value is -2.98. The number of aromatic nitrogens is 1. The molecule has 0 radical (unpaired) electrons. The van der Waals surface area contributed by atoms with Crippen LogP contribution in [0.1, 0.15) is 24.4 Å². The number of fused-ring (bicyclic) bond motifs is 1. The molecule has 0 unspecified atom stereocenters. The maximum atomic E-state index is 13.1. The number of likely N-dealkylation sites (N-methyl/N-ethyl adjacent to an activating group) is 1. The molecule has 1 aromatic carbocycles. The number of methoxy groups -OCH3 is 1. The van der Waals surface area contributed by atoms with Crippen LogP contribution in [0.5, 0.6) is 5.75 Å². The van der Waals surface area contributed by atoms with Crippen LogP contribution in [-0.2, 0) is 0 Å². The Morgan fingerprint density at radius 1 is 1.24 bits per heavy atom. The normalized spacial score (nSPS) is 11.2. The van der Waals surface area contributed by atoms with E-state index in [0.717, 1.165) is 23.3 Å². The Balaban J connectivity index is 1.95. The summed E-state index contributed by atoms with van der Waals surface area (Å²) in [6, 6.07) is 8.00. The summed E-state index contributed by atoms with van der Waals surface area (Å²) in [5.74, 6) is -0.314. The largest absolute Gasteiger partial charge is 0.497 e. The summed E-state index contributed by atoms with van der Waals surface area (Å²) in [6.07, 6.45) is 0. The molecular formula is C19H22N4O5S. The van der Waals surface area contributed by atoms with Crippen molar-refractivity contribution in [2.45, 2.75) is 13.8 Å². The first kappa shape index (κ1) is 20.7. The van der Waals surface area contributed by atoms with Crippen LogP contribution in [0, 0.1) is 10.1 Å². The molecule has 0 saturated heterocycles. The highest BCUT2D eigenvalue weighted by atomic mass is 32.1. The van der Waals surface area contributed by atoms with Gasteiger partial charge in [0.1, 0.15) is 10.7 Å². The van der Waals surface area contributed by atoms with Crippen molar-refractivity contribution in [1.29, 1.82) is 0 Å². The fraction of sp³-hybridized carbons (Fsp3) is 0.368. The van der Waals surface area contributed by atoms with E-state index in [-0.39, 0.29) is 5.76 Å². The number of amides is 1. The first-order valence-electron chi connectivity index (χ1n) is 9.19. The van der Waals surface area contributed by atoms with Crippen molar-refractivity contribution < 1.29 is 18.9 Å². The Bertz CT molecular complexity index is 1010. The average molecular weight is 418 g/mol. The second-order valence-electron chi connectivity index (χ2n) is 6.21. The van der Waals surface area contributed by atoms with Crippen LogP contribution in [0.25, 0.3) is 10.2 Å². The number of nitrogens with zero attached hydrogens (tertiary/aromatic N) is 4. The van der Waals surface area contributed by atoms with Crippen LogP contribution in [-0.4, -0.2) is 54.0 Å². The highest BCUT2D eigenvalue weighted by Crippen LogP contribution is 2.32. The minimum Gasteiger partial charge on any atom is -0.497 e. The van der Waals surface area contributed by atoms with E-state index in [4.69, 9.17) is 9.15 Å². The molecule has 9 nitrogen and oxygen atoms in total. The molecule has 10 heteroatoms. The molecule has 0 bridgehead atoms. The van der Waals surface area contributed by atoms with Gasteiger partial charge in [-0.05, 0) is 37.4 Å². The second-order valence-corrected chi connectivity index (χ2v) is 7.22. The Labute approximate surface area is 171 Å². The molecule has 0 spiro atoms. The standard InChI is InChI=1S/C19H22N4O5S/c1-4-21(5-2)10-11-22(18(24)15-8-9-17(28-15)23(25)26)19-20-14-7-6-13(27-3)12-16(14)29-19/h6-9,12H,4-5,10-11H2,1-3H3. The third-order valence-electron chi connectivity index (χ3n) is 4.58. The van der Waals surface area contributed by atoms with E-state index in [9.17, 15) is 14.9 Å². The van der Waals surface area contributed by atoms with E-state index in [1.54, 1.807) is 7.11 Å². The van der Waals surface area contributed by atoms with Crippen LogP contribution in [0.2, 0.25) is 0 Å². The summed E-state index contributed by atoms with van der Waals surface area (Å²) in [5, 5.41) is 11.4. The lowest BCUT2D eigenvalue weighted by Gasteiger charge is -2.23. The molecule has 29 heavy (non-hydrogen) atoms. The predicted octanol–water partition coefficient (Wildman–Crippen LogP) is 3.79. The highest BCUT2D eigenvalue weighted by Gasteiger charge is 2.26. The van der Waals surface area contributed by atoms with Gasteiger partial charge in [-0.25, -0.2) is 4.98 Å². The van der Waals surface area contributed by atoms with Gasteiger partial charge in [-0.3, -0.25) is 19.8 Å². The summed E-state index contributed by atoms with van der Waals surface area (Å²) in [4.78, 5) is 31.6. The summed E-state index contributed by atoms with van der Waals surface area (Å²) in [5.41, 5.74) is 0.747. The van der Waals surface area contributed by atoms with Gasteiger partial charge in [-0.15, -0.1) is 0 Å². The number of hydrogen-bond acceptors (Lipinski definition) is 8.